The third-order valence-corrected chi connectivity index (χ3v) is 3.01. The van der Waals surface area contributed by atoms with Crippen LogP contribution in [0.3, 0.4) is 0 Å². The zero-order valence-electron chi connectivity index (χ0n) is 8.33. The van der Waals surface area contributed by atoms with Gasteiger partial charge >= 0.3 is 0 Å². The molecule has 0 unspecified atom stereocenters. The van der Waals surface area contributed by atoms with Crippen molar-refractivity contribution in [2.45, 2.75) is 13.8 Å². The van der Waals surface area contributed by atoms with Gasteiger partial charge in [-0.25, -0.2) is 0 Å². The largest absolute Gasteiger partial charge is 0.271 e. The molecule has 2 aromatic rings. The minimum atomic E-state index is 0.364. The molecule has 5 heteroatoms. The second-order valence-corrected chi connectivity index (χ2v) is 4.57. The van der Waals surface area contributed by atoms with Crippen LogP contribution in [0.1, 0.15) is 11.1 Å². The summed E-state index contributed by atoms with van der Waals surface area (Å²) < 4.78 is 2.74. The number of benzene rings is 1. The van der Waals surface area contributed by atoms with Crippen LogP contribution in [-0.2, 0) is 0 Å². The van der Waals surface area contributed by atoms with E-state index in [0.717, 1.165) is 15.7 Å². The Morgan fingerprint density at radius 3 is 2.60 bits per heavy atom. The van der Waals surface area contributed by atoms with Gasteiger partial charge in [0.25, 0.3) is 0 Å². The first-order valence-corrected chi connectivity index (χ1v) is 5.59. The Labute approximate surface area is 101 Å². The van der Waals surface area contributed by atoms with Gasteiger partial charge in [-0.1, -0.05) is 6.07 Å². The second-order valence-electron chi connectivity index (χ2n) is 3.38. The van der Waals surface area contributed by atoms with Crippen molar-refractivity contribution < 1.29 is 0 Å². The summed E-state index contributed by atoms with van der Waals surface area (Å²) in [5, 5.41) is 7.88. The first kappa shape index (κ1) is 10.6. The number of hydrogen-bond acceptors (Lipinski definition) is 2. The zero-order valence-corrected chi connectivity index (χ0v) is 10.7. The van der Waals surface area contributed by atoms with Gasteiger partial charge in [-0.3, -0.25) is 4.57 Å². The van der Waals surface area contributed by atoms with Gasteiger partial charge < -0.3 is 0 Å². The van der Waals surface area contributed by atoms with Crippen LogP contribution < -0.4 is 0 Å². The van der Waals surface area contributed by atoms with Crippen molar-refractivity contribution in [3.05, 3.63) is 39.3 Å². The molecule has 0 atom stereocenters. The summed E-state index contributed by atoms with van der Waals surface area (Å²) in [4.78, 5) is 0. The summed E-state index contributed by atoms with van der Waals surface area (Å²) in [6.45, 7) is 4.08. The third kappa shape index (κ3) is 1.92. The van der Waals surface area contributed by atoms with E-state index in [2.05, 4.69) is 39.1 Å². The predicted molar refractivity (Wildman–Crippen MR) is 63.5 cm³/mol. The molecule has 0 spiro atoms. The molecular formula is C10H9BrClN3. The first-order chi connectivity index (χ1) is 7.09. The van der Waals surface area contributed by atoms with Crippen molar-refractivity contribution in [3.63, 3.8) is 0 Å². The molecule has 0 bridgehead atoms. The molecule has 0 saturated heterocycles. The molecule has 0 aliphatic carbocycles. The van der Waals surface area contributed by atoms with Crippen LogP contribution in [0, 0.1) is 13.8 Å². The number of halogens is 2. The molecule has 1 aromatic heterocycles. The highest BCUT2D eigenvalue weighted by Crippen LogP contribution is 2.27. The Balaban J connectivity index is 2.68. The normalized spacial score (nSPS) is 10.7. The Bertz CT molecular complexity index is 484. The van der Waals surface area contributed by atoms with Crippen LogP contribution in [-0.4, -0.2) is 14.8 Å². The van der Waals surface area contributed by atoms with Crippen LogP contribution >= 0.6 is 27.5 Å². The maximum Gasteiger partial charge on any atom is 0.229 e. The smallest absolute Gasteiger partial charge is 0.229 e. The van der Waals surface area contributed by atoms with Gasteiger partial charge in [0, 0.05) is 4.47 Å². The quantitative estimate of drug-likeness (QED) is 0.805. The fourth-order valence-corrected chi connectivity index (χ4v) is 2.62. The fraction of sp³-hybridized carbons (Fsp3) is 0.200. The van der Waals surface area contributed by atoms with E-state index < -0.39 is 0 Å². The summed E-state index contributed by atoms with van der Waals surface area (Å²) in [5.74, 6) is 0. The molecule has 0 saturated carbocycles. The van der Waals surface area contributed by atoms with Crippen LogP contribution in [0.4, 0.5) is 0 Å². The molecule has 15 heavy (non-hydrogen) atoms. The topological polar surface area (TPSA) is 30.7 Å². The monoisotopic (exact) mass is 285 g/mol. The third-order valence-electron chi connectivity index (χ3n) is 2.15. The lowest BCUT2D eigenvalue weighted by molar-refractivity contribution is 1.03. The van der Waals surface area contributed by atoms with Gasteiger partial charge in [0.05, 0.1) is 5.69 Å². The Morgan fingerprint density at radius 1 is 1.33 bits per heavy atom. The van der Waals surface area contributed by atoms with Crippen LogP contribution in [0.15, 0.2) is 22.9 Å². The van der Waals surface area contributed by atoms with E-state index >= 15 is 0 Å². The minimum Gasteiger partial charge on any atom is -0.271 e. The molecule has 0 fully saturated rings. The standard InChI is InChI=1S/C10H9BrClN3/c1-6-3-7(2)9(8(11)4-6)15-5-13-14-10(15)12/h3-5H,1-2H3. The summed E-state index contributed by atoms with van der Waals surface area (Å²) in [5.41, 5.74) is 3.31. The van der Waals surface area contributed by atoms with Crippen molar-refractivity contribution in [2.75, 3.05) is 0 Å². The molecule has 0 aliphatic heterocycles. The molecule has 0 amide bonds. The summed E-state index contributed by atoms with van der Waals surface area (Å²) in [7, 11) is 0. The van der Waals surface area contributed by atoms with Crippen LogP contribution in [0.25, 0.3) is 5.69 Å². The summed E-state index contributed by atoms with van der Waals surface area (Å²) in [6.07, 6.45) is 1.60. The van der Waals surface area contributed by atoms with E-state index in [1.54, 1.807) is 10.9 Å². The van der Waals surface area contributed by atoms with Crippen LogP contribution in [0.2, 0.25) is 5.28 Å². The van der Waals surface area contributed by atoms with E-state index in [4.69, 9.17) is 11.6 Å². The molecule has 3 nitrogen and oxygen atoms in total. The van der Waals surface area contributed by atoms with Crippen molar-refractivity contribution in [3.8, 4) is 5.69 Å². The van der Waals surface area contributed by atoms with E-state index in [0.29, 0.717) is 5.28 Å². The lowest BCUT2D eigenvalue weighted by Crippen LogP contribution is -1.98. The molecule has 1 aromatic carbocycles. The van der Waals surface area contributed by atoms with Gasteiger partial charge in [0.2, 0.25) is 5.28 Å². The molecule has 0 aliphatic rings. The molecule has 0 radical (unpaired) electrons. The second kappa shape index (κ2) is 3.94. The number of aryl methyl sites for hydroxylation is 2. The average Bonchev–Trinajstić information content (AvgIpc) is 2.50. The van der Waals surface area contributed by atoms with E-state index in [1.165, 1.54) is 5.56 Å². The lowest BCUT2D eigenvalue weighted by atomic mass is 10.1. The highest BCUT2D eigenvalue weighted by Gasteiger charge is 2.10. The lowest BCUT2D eigenvalue weighted by Gasteiger charge is -2.10. The number of nitrogens with zero attached hydrogens (tertiary/aromatic N) is 3. The van der Waals surface area contributed by atoms with Gasteiger partial charge in [-0.2, -0.15) is 0 Å². The van der Waals surface area contributed by atoms with Crippen molar-refractivity contribution in [2.24, 2.45) is 0 Å². The number of rotatable bonds is 1. The Hall–Kier alpha value is -0.870. The molecule has 2 rings (SSSR count). The first-order valence-electron chi connectivity index (χ1n) is 4.42. The van der Waals surface area contributed by atoms with Gasteiger partial charge in [0.15, 0.2) is 0 Å². The predicted octanol–water partition coefficient (Wildman–Crippen LogP) is 3.30. The Kier molecular flexibility index (Phi) is 2.80. The zero-order chi connectivity index (χ0) is 11.0. The maximum atomic E-state index is 5.93. The SMILES string of the molecule is Cc1cc(C)c(-n2cnnc2Cl)c(Br)c1. The van der Waals surface area contributed by atoms with Crippen molar-refractivity contribution in [1.29, 1.82) is 0 Å². The summed E-state index contributed by atoms with van der Waals surface area (Å²) in [6, 6.07) is 4.13. The van der Waals surface area contributed by atoms with E-state index in [-0.39, 0.29) is 0 Å². The highest BCUT2D eigenvalue weighted by atomic mass is 79.9. The van der Waals surface area contributed by atoms with Gasteiger partial charge in [0.1, 0.15) is 6.33 Å². The minimum absolute atomic E-state index is 0.364. The molecule has 1 heterocycles. The van der Waals surface area contributed by atoms with Gasteiger partial charge in [-0.05, 0) is 58.6 Å². The molecular weight excluding hydrogens is 277 g/mol. The molecule has 78 valence electrons. The van der Waals surface area contributed by atoms with Crippen molar-refractivity contribution >= 4 is 27.5 Å². The van der Waals surface area contributed by atoms with Crippen LogP contribution in [0.5, 0.6) is 0 Å². The Morgan fingerprint density at radius 2 is 2.07 bits per heavy atom. The van der Waals surface area contributed by atoms with E-state index in [9.17, 15) is 0 Å². The molecule has 0 N–H and O–H groups in total. The number of hydrogen-bond donors (Lipinski definition) is 0. The van der Waals surface area contributed by atoms with Crippen molar-refractivity contribution in [1.82, 2.24) is 14.8 Å². The average molecular weight is 287 g/mol. The fourth-order valence-electron chi connectivity index (χ4n) is 1.58. The van der Waals surface area contributed by atoms with Gasteiger partial charge in [-0.15, -0.1) is 10.2 Å². The maximum absolute atomic E-state index is 5.93. The van der Waals surface area contributed by atoms with E-state index in [1.807, 2.05) is 13.0 Å². The number of aromatic nitrogens is 3. The highest BCUT2D eigenvalue weighted by molar-refractivity contribution is 9.10. The summed E-state index contributed by atoms with van der Waals surface area (Å²) >= 11 is 9.45.